The van der Waals surface area contributed by atoms with Crippen molar-refractivity contribution in [2.75, 3.05) is 6.61 Å². The third-order valence-electron chi connectivity index (χ3n) is 7.02. The summed E-state index contributed by atoms with van der Waals surface area (Å²) in [5.74, 6) is -4.43. The van der Waals surface area contributed by atoms with Crippen LogP contribution >= 0.6 is 0 Å². The SMILES string of the molecule is C[C@@]1(O)C[C@H](O)[C@@H]2C(C(=O)O)=CO[C@@H](O[C@H]3O[C@@H](CO)[C@H](O)[C@@H](O)[C@@H]3OC(=O)/C=C/c3ccc(O)cc3)[C@@H]21. The Morgan fingerprint density at radius 1 is 1.13 bits per heavy atom. The summed E-state index contributed by atoms with van der Waals surface area (Å²) in [7, 11) is 0. The van der Waals surface area contributed by atoms with Gasteiger partial charge in [-0.05, 0) is 30.7 Å². The van der Waals surface area contributed by atoms with E-state index in [0.29, 0.717) is 5.56 Å². The van der Waals surface area contributed by atoms with E-state index in [4.69, 9.17) is 18.9 Å². The smallest absolute Gasteiger partial charge is 0.335 e. The third-order valence-corrected chi connectivity index (χ3v) is 7.02. The highest BCUT2D eigenvalue weighted by Gasteiger charge is 2.59. The number of aromatic hydroxyl groups is 1. The van der Waals surface area contributed by atoms with Crippen LogP contribution in [0.1, 0.15) is 18.9 Å². The number of rotatable bonds is 7. The molecule has 0 radical (unpaired) electrons. The van der Waals surface area contributed by atoms with Crippen LogP contribution in [0.15, 0.2) is 42.2 Å². The summed E-state index contributed by atoms with van der Waals surface area (Å²) in [6.07, 6.45) is -7.55. The number of ether oxygens (including phenoxy) is 4. The van der Waals surface area contributed by atoms with E-state index in [1.165, 1.54) is 37.3 Å². The zero-order valence-corrected chi connectivity index (χ0v) is 20.2. The molecule has 13 heteroatoms. The number of carbonyl (C=O) groups is 2. The van der Waals surface area contributed by atoms with Crippen LogP contribution in [0.25, 0.3) is 6.08 Å². The van der Waals surface area contributed by atoms with Crippen molar-refractivity contribution in [3.8, 4) is 5.75 Å². The normalized spacial score (nSPS) is 38.8. The van der Waals surface area contributed by atoms with Crippen LogP contribution in [0.3, 0.4) is 0 Å². The van der Waals surface area contributed by atoms with Crippen LogP contribution in [0, 0.1) is 11.8 Å². The van der Waals surface area contributed by atoms with E-state index in [1.54, 1.807) is 0 Å². The van der Waals surface area contributed by atoms with Gasteiger partial charge in [-0.1, -0.05) is 12.1 Å². The summed E-state index contributed by atoms with van der Waals surface area (Å²) in [6.45, 7) is 0.657. The monoisotopic (exact) mass is 538 g/mol. The van der Waals surface area contributed by atoms with E-state index in [0.717, 1.165) is 12.3 Å². The number of carbonyl (C=O) groups excluding carboxylic acids is 1. The maximum atomic E-state index is 12.5. The highest BCUT2D eigenvalue weighted by atomic mass is 16.8. The van der Waals surface area contributed by atoms with Crippen molar-refractivity contribution in [2.45, 2.75) is 62.0 Å². The highest BCUT2D eigenvalue weighted by Crippen LogP contribution is 2.49. The zero-order chi connectivity index (χ0) is 27.8. The largest absolute Gasteiger partial charge is 0.508 e. The van der Waals surface area contributed by atoms with Gasteiger partial charge in [-0.2, -0.15) is 0 Å². The number of hydrogen-bond donors (Lipinski definition) is 7. The highest BCUT2D eigenvalue weighted by molar-refractivity contribution is 5.88. The molecule has 2 fully saturated rings. The fourth-order valence-electron chi connectivity index (χ4n) is 5.14. The summed E-state index contributed by atoms with van der Waals surface area (Å²) in [5.41, 5.74) is -1.35. The Balaban J connectivity index is 1.57. The van der Waals surface area contributed by atoms with E-state index in [2.05, 4.69) is 0 Å². The Bertz CT molecular complexity index is 1080. The number of fused-ring (bicyclic) bond motifs is 1. The van der Waals surface area contributed by atoms with Crippen LogP contribution in [-0.4, -0.2) is 103 Å². The van der Waals surface area contributed by atoms with Gasteiger partial charge in [-0.3, -0.25) is 0 Å². The van der Waals surface area contributed by atoms with Gasteiger partial charge < -0.3 is 54.7 Å². The van der Waals surface area contributed by atoms with Crippen LogP contribution in [0.4, 0.5) is 0 Å². The fraction of sp³-hybridized carbons (Fsp3) is 0.520. The predicted molar refractivity (Wildman–Crippen MR) is 125 cm³/mol. The summed E-state index contributed by atoms with van der Waals surface area (Å²) < 4.78 is 22.2. The predicted octanol–water partition coefficient (Wildman–Crippen LogP) is -1.15. The second kappa shape index (κ2) is 11.0. The van der Waals surface area contributed by atoms with Crippen LogP contribution in [0.2, 0.25) is 0 Å². The molecule has 7 N–H and O–H groups in total. The van der Waals surface area contributed by atoms with Gasteiger partial charge in [0.1, 0.15) is 24.1 Å². The number of aliphatic hydroxyl groups excluding tert-OH is 4. The van der Waals surface area contributed by atoms with E-state index in [-0.39, 0.29) is 17.7 Å². The lowest BCUT2D eigenvalue weighted by atomic mass is 9.81. The first-order chi connectivity index (χ1) is 17.9. The lowest BCUT2D eigenvalue weighted by Crippen LogP contribution is -2.62. The van der Waals surface area contributed by atoms with Crippen LogP contribution < -0.4 is 0 Å². The number of phenols is 1. The lowest BCUT2D eigenvalue weighted by molar-refractivity contribution is -0.347. The molecule has 2 heterocycles. The molecule has 38 heavy (non-hydrogen) atoms. The summed E-state index contributed by atoms with van der Waals surface area (Å²) >= 11 is 0. The number of phenolic OH excluding ortho intramolecular Hbond substituents is 1. The number of carboxylic acid groups (broad SMARTS) is 1. The van der Waals surface area contributed by atoms with Gasteiger partial charge in [0.2, 0.25) is 12.6 Å². The van der Waals surface area contributed by atoms with E-state index >= 15 is 0 Å². The lowest BCUT2D eigenvalue weighted by Gasteiger charge is -2.44. The second-order valence-electron chi connectivity index (χ2n) is 9.73. The standard InChI is InChI=1S/C25H30O13/c1-25(34)8-14(28)17-13(22(32)33)10-35-23(18(17)25)38-24-21(20(31)19(30)15(9-26)36-24)37-16(29)7-4-11-2-5-12(27)6-3-11/h2-7,10,14-15,17-21,23-24,26-28,30-31,34H,8-9H2,1H3,(H,32,33)/b7-4+/t14-,15-,17-,18+,19-,20+,21-,23-,24+,25+/m0/s1. The summed E-state index contributed by atoms with van der Waals surface area (Å²) in [5, 5.41) is 70.9. The van der Waals surface area contributed by atoms with Crippen molar-refractivity contribution in [3.63, 3.8) is 0 Å². The van der Waals surface area contributed by atoms with Crippen molar-refractivity contribution in [2.24, 2.45) is 11.8 Å². The second-order valence-corrected chi connectivity index (χ2v) is 9.73. The minimum absolute atomic E-state index is 0.0332. The van der Waals surface area contributed by atoms with Crippen LogP contribution in [0.5, 0.6) is 5.75 Å². The molecule has 1 saturated carbocycles. The molecule has 0 spiro atoms. The minimum atomic E-state index is -1.77. The average Bonchev–Trinajstić information content (AvgIpc) is 3.11. The fourth-order valence-corrected chi connectivity index (χ4v) is 5.14. The number of carboxylic acids is 1. The Kier molecular flexibility index (Phi) is 8.09. The van der Waals surface area contributed by atoms with Gasteiger partial charge in [0.15, 0.2) is 6.10 Å². The quantitative estimate of drug-likeness (QED) is 0.161. The molecule has 2 aliphatic heterocycles. The van der Waals surface area contributed by atoms with Crippen LogP contribution in [-0.2, 0) is 28.5 Å². The van der Waals surface area contributed by atoms with Gasteiger partial charge in [0.25, 0.3) is 0 Å². The maximum absolute atomic E-state index is 12.5. The minimum Gasteiger partial charge on any atom is -0.508 e. The first-order valence-electron chi connectivity index (χ1n) is 11.9. The molecule has 0 bridgehead atoms. The van der Waals surface area contributed by atoms with Crippen molar-refractivity contribution in [1.29, 1.82) is 0 Å². The Morgan fingerprint density at radius 2 is 1.82 bits per heavy atom. The summed E-state index contributed by atoms with van der Waals surface area (Å²) in [4.78, 5) is 24.2. The van der Waals surface area contributed by atoms with Gasteiger partial charge in [-0.15, -0.1) is 0 Å². The molecule has 1 saturated heterocycles. The molecule has 4 rings (SSSR count). The molecular formula is C25H30O13. The molecule has 0 aromatic heterocycles. The van der Waals surface area contributed by atoms with Gasteiger partial charge in [0, 0.05) is 18.4 Å². The van der Waals surface area contributed by atoms with Gasteiger partial charge >= 0.3 is 11.9 Å². The summed E-state index contributed by atoms with van der Waals surface area (Å²) in [6, 6.07) is 5.90. The molecule has 0 amide bonds. The van der Waals surface area contributed by atoms with Gasteiger partial charge in [-0.25, -0.2) is 9.59 Å². The molecule has 208 valence electrons. The maximum Gasteiger partial charge on any atom is 0.335 e. The molecule has 10 atom stereocenters. The Morgan fingerprint density at radius 3 is 2.45 bits per heavy atom. The number of aliphatic hydroxyl groups is 5. The van der Waals surface area contributed by atoms with E-state index in [1.807, 2.05) is 0 Å². The first-order valence-corrected chi connectivity index (χ1v) is 11.9. The number of esters is 1. The molecule has 13 nitrogen and oxygen atoms in total. The number of hydrogen-bond acceptors (Lipinski definition) is 12. The first kappa shape index (κ1) is 28.0. The molecule has 3 aliphatic rings. The van der Waals surface area contributed by atoms with Crippen molar-refractivity contribution in [1.82, 2.24) is 0 Å². The molecule has 1 aromatic rings. The molecule has 1 aromatic carbocycles. The number of aliphatic carboxylic acids is 1. The average molecular weight is 539 g/mol. The topological polar surface area (TPSA) is 213 Å². The van der Waals surface area contributed by atoms with E-state index in [9.17, 15) is 45.3 Å². The molecule has 0 unspecified atom stereocenters. The third kappa shape index (κ3) is 5.54. The zero-order valence-electron chi connectivity index (χ0n) is 20.2. The van der Waals surface area contributed by atoms with Gasteiger partial charge in [0.05, 0.1) is 36.1 Å². The Labute approximate surface area is 216 Å². The molecule has 1 aliphatic carbocycles. The molecular weight excluding hydrogens is 508 g/mol. The Hall–Kier alpha value is -3.04. The van der Waals surface area contributed by atoms with Crippen molar-refractivity contribution >= 4 is 18.0 Å². The van der Waals surface area contributed by atoms with Crippen molar-refractivity contribution < 1.29 is 64.3 Å². The van der Waals surface area contributed by atoms with Crippen molar-refractivity contribution in [3.05, 3.63) is 47.7 Å². The number of benzene rings is 1. The van der Waals surface area contributed by atoms with E-state index < -0.39 is 79.1 Å².